The summed E-state index contributed by atoms with van der Waals surface area (Å²) in [4.78, 5) is 16.6. The van der Waals surface area contributed by atoms with Gasteiger partial charge in [-0.1, -0.05) is 66.2 Å². The van der Waals surface area contributed by atoms with Crippen molar-refractivity contribution < 1.29 is 4.79 Å². The Kier molecular flexibility index (Phi) is 5.02. The van der Waals surface area contributed by atoms with Crippen molar-refractivity contribution in [2.45, 2.75) is 0 Å². The Morgan fingerprint density at radius 2 is 1.55 bits per heavy atom. The van der Waals surface area contributed by atoms with Crippen molar-refractivity contribution in [3.8, 4) is 28.1 Å². The summed E-state index contributed by atoms with van der Waals surface area (Å²) in [5, 5.41) is 5.40. The first-order valence-electron chi connectivity index (χ1n) is 9.60. The third-order valence-corrected chi connectivity index (χ3v) is 5.60. The number of fused-ring (bicyclic) bond motifs is 1. The average Bonchev–Trinajstić information content (AvgIpc) is 3.24. The highest BCUT2D eigenvalue weighted by atomic mass is 35.5. The number of rotatable bonds is 4. The minimum absolute atomic E-state index is 0.341. The van der Waals surface area contributed by atoms with Gasteiger partial charge in [-0.25, -0.2) is 4.68 Å². The van der Waals surface area contributed by atoms with Gasteiger partial charge in [-0.3, -0.25) is 9.78 Å². The van der Waals surface area contributed by atoms with Crippen LogP contribution in [0, 0.1) is 0 Å². The molecule has 0 fully saturated rings. The molecule has 0 aliphatic rings. The summed E-state index contributed by atoms with van der Waals surface area (Å²) in [7, 11) is 0. The average molecular weight is 444 g/mol. The van der Waals surface area contributed by atoms with Gasteiger partial charge >= 0.3 is 0 Å². The molecule has 5 rings (SSSR count). The van der Waals surface area contributed by atoms with Gasteiger partial charge in [0.05, 0.1) is 28.7 Å². The number of hydrogen-bond acceptors (Lipinski definition) is 3. The van der Waals surface area contributed by atoms with Crippen LogP contribution in [-0.2, 0) is 0 Å². The second-order valence-corrected chi connectivity index (χ2v) is 7.81. The monoisotopic (exact) mass is 443 g/mol. The zero-order valence-corrected chi connectivity index (χ0v) is 17.7. The van der Waals surface area contributed by atoms with Gasteiger partial charge in [0.15, 0.2) is 0 Å². The van der Waals surface area contributed by atoms with E-state index in [2.05, 4.69) is 22.2 Å². The number of hydrogen-bond donors (Lipinski definition) is 0. The summed E-state index contributed by atoms with van der Waals surface area (Å²) in [5.74, 6) is 0. The third kappa shape index (κ3) is 3.61. The van der Waals surface area contributed by atoms with Gasteiger partial charge < -0.3 is 0 Å². The Morgan fingerprint density at radius 1 is 0.839 bits per heavy atom. The highest BCUT2D eigenvalue weighted by Gasteiger charge is 2.20. The number of benzene rings is 3. The maximum absolute atomic E-state index is 12.2. The Labute approximate surface area is 188 Å². The number of aromatic nitrogens is 3. The molecule has 0 radical (unpaired) electrons. The fourth-order valence-corrected chi connectivity index (χ4v) is 4.00. The van der Waals surface area contributed by atoms with Crippen LogP contribution in [0.3, 0.4) is 0 Å². The quantitative estimate of drug-likeness (QED) is 0.287. The van der Waals surface area contributed by atoms with E-state index in [4.69, 9.17) is 23.2 Å². The Morgan fingerprint density at radius 3 is 2.29 bits per heavy atom. The minimum Gasteiger partial charge on any atom is -0.275 e. The van der Waals surface area contributed by atoms with Crippen molar-refractivity contribution >= 4 is 39.3 Å². The Bertz CT molecular complexity index is 1410. The third-order valence-electron chi connectivity index (χ3n) is 5.16. The van der Waals surface area contributed by atoms with Crippen LogP contribution >= 0.6 is 23.2 Å². The van der Waals surface area contributed by atoms with Crippen molar-refractivity contribution in [1.82, 2.24) is 14.8 Å². The normalized spacial score (nSPS) is 11.0. The van der Waals surface area contributed by atoms with E-state index in [-0.39, 0.29) is 0 Å². The maximum atomic E-state index is 12.2. The molecule has 0 aliphatic heterocycles. The summed E-state index contributed by atoms with van der Waals surface area (Å²) in [6.07, 6.45) is 3.19. The number of halogens is 2. The van der Waals surface area contributed by atoms with Crippen LogP contribution in [0.5, 0.6) is 0 Å². The Balaban J connectivity index is 1.68. The van der Waals surface area contributed by atoms with Gasteiger partial charge in [0, 0.05) is 22.2 Å². The van der Waals surface area contributed by atoms with Crippen LogP contribution in [0.1, 0.15) is 10.4 Å². The predicted octanol–water partition coefficient (Wildman–Crippen LogP) is 6.79. The molecule has 2 heterocycles. The molecule has 2 aromatic heterocycles. The summed E-state index contributed by atoms with van der Waals surface area (Å²) in [5.41, 5.74) is 5.53. The number of nitrogens with zero attached hydrogens (tertiary/aromatic N) is 3. The standard InChI is InChI=1S/C25H15Cl2N3O/c26-19-10-11-20-22(14-19)28-13-12-23(20)30-24(21(15-29-30)25(27)31)18-8-6-17(7-9-18)16-4-2-1-3-5-16/h1-15H. The van der Waals surface area contributed by atoms with Crippen LogP contribution in [0.15, 0.2) is 91.3 Å². The van der Waals surface area contributed by atoms with E-state index in [0.717, 1.165) is 33.3 Å². The second-order valence-electron chi connectivity index (χ2n) is 7.03. The molecule has 6 heteroatoms. The smallest absolute Gasteiger partial charge is 0.256 e. The zero-order valence-electron chi connectivity index (χ0n) is 16.2. The molecule has 0 N–H and O–H groups in total. The van der Waals surface area contributed by atoms with Crippen molar-refractivity contribution in [3.63, 3.8) is 0 Å². The minimum atomic E-state index is -0.560. The lowest BCUT2D eigenvalue weighted by Gasteiger charge is -2.12. The second kappa shape index (κ2) is 7.99. The molecule has 0 amide bonds. The van der Waals surface area contributed by atoms with E-state index < -0.39 is 5.24 Å². The molecule has 4 nitrogen and oxygen atoms in total. The number of pyridine rings is 1. The first kappa shape index (κ1) is 19.5. The van der Waals surface area contributed by atoms with Crippen molar-refractivity contribution in [1.29, 1.82) is 0 Å². The van der Waals surface area contributed by atoms with Gasteiger partial charge in [-0.15, -0.1) is 0 Å². The summed E-state index contributed by atoms with van der Waals surface area (Å²) < 4.78 is 1.73. The molecule has 0 saturated carbocycles. The van der Waals surface area contributed by atoms with Gasteiger partial charge in [0.25, 0.3) is 5.24 Å². The van der Waals surface area contributed by atoms with E-state index in [0.29, 0.717) is 16.3 Å². The predicted molar refractivity (Wildman–Crippen MR) is 125 cm³/mol. The molecule has 0 bridgehead atoms. The van der Waals surface area contributed by atoms with Crippen LogP contribution in [0.25, 0.3) is 39.0 Å². The van der Waals surface area contributed by atoms with Gasteiger partial charge in [0.1, 0.15) is 0 Å². The molecule has 5 aromatic rings. The highest BCUT2D eigenvalue weighted by molar-refractivity contribution is 6.68. The first-order chi connectivity index (χ1) is 15.1. The summed E-state index contributed by atoms with van der Waals surface area (Å²) in [6.45, 7) is 0. The molecular weight excluding hydrogens is 429 g/mol. The van der Waals surface area contributed by atoms with Crippen molar-refractivity contribution in [3.05, 3.63) is 102 Å². The number of carbonyl (C=O) groups excluding carboxylic acids is 1. The molecule has 0 unspecified atom stereocenters. The van der Waals surface area contributed by atoms with E-state index in [1.54, 1.807) is 23.0 Å². The van der Waals surface area contributed by atoms with Crippen LogP contribution < -0.4 is 0 Å². The van der Waals surface area contributed by atoms with E-state index >= 15 is 0 Å². The largest absolute Gasteiger partial charge is 0.275 e. The lowest BCUT2D eigenvalue weighted by molar-refractivity contribution is 0.108. The van der Waals surface area contributed by atoms with Crippen LogP contribution in [-0.4, -0.2) is 20.0 Å². The fraction of sp³-hybridized carbons (Fsp3) is 0. The Hall–Kier alpha value is -3.47. The van der Waals surface area contributed by atoms with Crippen LogP contribution in [0.4, 0.5) is 0 Å². The van der Waals surface area contributed by atoms with Crippen molar-refractivity contribution in [2.75, 3.05) is 0 Å². The molecule has 150 valence electrons. The van der Waals surface area contributed by atoms with Gasteiger partial charge in [0.2, 0.25) is 0 Å². The molecule has 0 spiro atoms. The van der Waals surface area contributed by atoms with Crippen molar-refractivity contribution in [2.24, 2.45) is 0 Å². The lowest BCUT2D eigenvalue weighted by Crippen LogP contribution is -2.02. The molecule has 0 aliphatic carbocycles. The number of carbonyl (C=O) groups is 1. The highest BCUT2D eigenvalue weighted by Crippen LogP contribution is 2.32. The van der Waals surface area contributed by atoms with Gasteiger partial charge in [-0.05, 0) is 47.0 Å². The van der Waals surface area contributed by atoms with E-state index in [9.17, 15) is 4.79 Å². The maximum Gasteiger partial charge on any atom is 0.256 e. The van der Waals surface area contributed by atoms with E-state index in [1.807, 2.05) is 54.6 Å². The topological polar surface area (TPSA) is 47.8 Å². The lowest BCUT2D eigenvalue weighted by atomic mass is 10.0. The SMILES string of the molecule is O=C(Cl)c1cnn(-c2ccnc3cc(Cl)ccc23)c1-c1ccc(-c2ccccc2)cc1. The summed E-state index contributed by atoms with van der Waals surface area (Å²) >= 11 is 12.0. The first-order valence-corrected chi connectivity index (χ1v) is 10.4. The molecule has 0 atom stereocenters. The molecule has 0 saturated heterocycles. The molecular formula is C25H15Cl2N3O. The summed E-state index contributed by atoms with van der Waals surface area (Å²) in [6, 6.07) is 25.4. The molecule has 31 heavy (non-hydrogen) atoms. The fourth-order valence-electron chi connectivity index (χ4n) is 3.69. The van der Waals surface area contributed by atoms with E-state index in [1.165, 1.54) is 6.20 Å². The van der Waals surface area contributed by atoms with Gasteiger partial charge in [-0.2, -0.15) is 5.10 Å². The van der Waals surface area contributed by atoms with Crippen LogP contribution in [0.2, 0.25) is 5.02 Å². The zero-order chi connectivity index (χ0) is 21.4. The molecule has 3 aromatic carbocycles.